The van der Waals surface area contributed by atoms with Crippen LogP contribution < -0.4 is 5.32 Å². The maximum absolute atomic E-state index is 13.0. The van der Waals surface area contributed by atoms with Gasteiger partial charge in [-0.15, -0.1) is 0 Å². The first-order valence-electron chi connectivity index (χ1n) is 5.14. The van der Waals surface area contributed by atoms with Crippen LogP contribution in [0.4, 0.5) is 10.2 Å². The van der Waals surface area contributed by atoms with Crippen LogP contribution in [-0.4, -0.2) is 16.3 Å². The van der Waals surface area contributed by atoms with Gasteiger partial charge < -0.3 is 5.32 Å². The molecule has 0 amide bonds. The molecule has 1 aromatic carbocycles. The topological polar surface area (TPSA) is 29.9 Å². The van der Waals surface area contributed by atoms with Crippen molar-refractivity contribution in [2.75, 3.05) is 11.9 Å². The van der Waals surface area contributed by atoms with Gasteiger partial charge in [0.15, 0.2) is 0 Å². The lowest BCUT2D eigenvalue weighted by Crippen LogP contribution is -2.25. The third-order valence-corrected chi connectivity index (χ3v) is 2.80. The van der Waals surface area contributed by atoms with E-state index < -0.39 is 0 Å². The lowest BCUT2D eigenvalue weighted by Gasteiger charge is -2.21. The van der Waals surface area contributed by atoms with Gasteiger partial charge in [-0.3, -0.25) is 0 Å². The highest BCUT2D eigenvalue weighted by molar-refractivity contribution is 5.90. The molecule has 78 valence electrons. The normalized spacial score (nSPS) is 20.0. The minimum atomic E-state index is -0.231. The van der Waals surface area contributed by atoms with E-state index in [2.05, 4.69) is 17.3 Å². The van der Waals surface area contributed by atoms with Crippen LogP contribution in [0.2, 0.25) is 0 Å². The Balaban J connectivity index is 2.23. The molecule has 4 heteroatoms. The molecular formula is C11H12FN3. The van der Waals surface area contributed by atoms with Gasteiger partial charge in [0.25, 0.3) is 0 Å². The van der Waals surface area contributed by atoms with Gasteiger partial charge in [-0.25, -0.2) is 9.07 Å². The molecule has 0 aliphatic carbocycles. The minimum Gasteiger partial charge on any atom is -0.369 e. The summed E-state index contributed by atoms with van der Waals surface area (Å²) in [5.41, 5.74) is 0.728. The molecule has 1 atom stereocenters. The van der Waals surface area contributed by atoms with Crippen LogP contribution in [0.5, 0.6) is 0 Å². The highest BCUT2D eigenvalue weighted by atomic mass is 19.1. The average molecular weight is 205 g/mol. The molecule has 0 saturated heterocycles. The lowest BCUT2D eigenvalue weighted by atomic mass is 10.1. The number of fused-ring (bicyclic) bond motifs is 3. The van der Waals surface area contributed by atoms with E-state index >= 15 is 0 Å². The Hall–Kier alpha value is -1.58. The second-order valence-electron chi connectivity index (χ2n) is 4.18. The third kappa shape index (κ3) is 1.28. The first-order chi connectivity index (χ1) is 7.24. The molecule has 1 N–H and O–H groups in total. The molecule has 15 heavy (non-hydrogen) atoms. The summed E-state index contributed by atoms with van der Waals surface area (Å²) >= 11 is 0. The predicted molar refractivity (Wildman–Crippen MR) is 57.3 cm³/mol. The number of rotatable bonds is 0. The van der Waals surface area contributed by atoms with Crippen molar-refractivity contribution >= 4 is 16.7 Å². The van der Waals surface area contributed by atoms with E-state index in [1.165, 1.54) is 12.1 Å². The average Bonchev–Trinajstić information content (AvgIpc) is 2.53. The molecule has 0 fully saturated rings. The molecule has 2 aromatic rings. The van der Waals surface area contributed by atoms with Crippen LogP contribution in [0.25, 0.3) is 10.9 Å². The predicted octanol–water partition coefficient (Wildman–Crippen LogP) is 2.24. The molecule has 0 radical (unpaired) electrons. The maximum atomic E-state index is 13.0. The Labute approximate surface area is 86.9 Å². The highest BCUT2D eigenvalue weighted by Crippen LogP contribution is 2.27. The molecule has 1 unspecified atom stereocenters. The summed E-state index contributed by atoms with van der Waals surface area (Å²) in [4.78, 5) is 0. The minimum absolute atomic E-state index is 0.231. The third-order valence-electron chi connectivity index (χ3n) is 2.80. The Morgan fingerprint density at radius 2 is 2.40 bits per heavy atom. The number of nitrogens with one attached hydrogen (secondary N) is 1. The van der Waals surface area contributed by atoms with E-state index in [0.717, 1.165) is 29.8 Å². The van der Waals surface area contributed by atoms with Crippen molar-refractivity contribution in [1.82, 2.24) is 9.78 Å². The summed E-state index contributed by atoms with van der Waals surface area (Å²) in [6.07, 6.45) is 0. The van der Waals surface area contributed by atoms with Gasteiger partial charge in [-0.1, -0.05) is 6.92 Å². The van der Waals surface area contributed by atoms with Gasteiger partial charge in [-0.2, -0.15) is 5.10 Å². The number of halogens is 1. The van der Waals surface area contributed by atoms with Crippen LogP contribution in [0, 0.1) is 11.7 Å². The highest BCUT2D eigenvalue weighted by Gasteiger charge is 2.18. The largest absolute Gasteiger partial charge is 0.369 e. The number of benzene rings is 1. The maximum Gasteiger partial charge on any atom is 0.132 e. The number of nitrogens with zero attached hydrogens (tertiary/aromatic N) is 2. The number of hydrogen-bond donors (Lipinski definition) is 1. The van der Waals surface area contributed by atoms with E-state index in [1.54, 1.807) is 6.07 Å². The quantitative estimate of drug-likeness (QED) is 0.714. The molecule has 1 aromatic heterocycles. The van der Waals surface area contributed by atoms with Crippen molar-refractivity contribution in [2.45, 2.75) is 13.5 Å². The first-order valence-corrected chi connectivity index (χ1v) is 5.14. The lowest BCUT2D eigenvalue weighted by molar-refractivity contribution is 0.448. The van der Waals surface area contributed by atoms with Crippen molar-refractivity contribution < 1.29 is 4.39 Å². The van der Waals surface area contributed by atoms with Crippen LogP contribution in [0.1, 0.15) is 6.92 Å². The molecule has 3 rings (SSSR count). The van der Waals surface area contributed by atoms with Crippen LogP contribution >= 0.6 is 0 Å². The first kappa shape index (κ1) is 8.71. The Morgan fingerprint density at radius 1 is 1.53 bits per heavy atom. The summed E-state index contributed by atoms with van der Waals surface area (Å²) in [6.45, 7) is 4.03. The summed E-state index contributed by atoms with van der Waals surface area (Å²) in [5, 5.41) is 8.71. The molecule has 0 bridgehead atoms. The van der Waals surface area contributed by atoms with E-state index in [-0.39, 0.29) is 5.82 Å². The van der Waals surface area contributed by atoms with E-state index in [9.17, 15) is 4.39 Å². The zero-order valence-corrected chi connectivity index (χ0v) is 8.50. The fraction of sp³-hybridized carbons (Fsp3) is 0.364. The fourth-order valence-electron chi connectivity index (χ4n) is 2.06. The van der Waals surface area contributed by atoms with Gasteiger partial charge in [0.2, 0.25) is 0 Å². The van der Waals surface area contributed by atoms with Crippen molar-refractivity contribution in [3.05, 3.63) is 24.0 Å². The van der Waals surface area contributed by atoms with Crippen molar-refractivity contribution in [1.29, 1.82) is 0 Å². The van der Waals surface area contributed by atoms with Crippen molar-refractivity contribution in [3.63, 3.8) is 0 Å². The van der Waals surface area contributed by atoms with Crippen molar-refractivity contribution in [3.8, 4) is 0 Å². The van der Waals surface area contributed by atoms with E-state index in [0.29, 0.717) is 5.92 Å². The van der Waals surface area contributed by atoms with Crippen LogP contribution in [0.15, 0.2) is 18.2 Å². The summed E-state index contributed by atoms with van der Waals surface area (Å²) in [7, 11) is 0. The van der Waals surface area contributed by atoms with Crippen LogP contribution in [-0.2, 0) is 6.54 Å². The van der Waals surface area contributed by atoms with Crippen LogP contribution in [0.3, 0.4) is 0 Å². The SMILES string of the molecule is CC1CNc2c3ccc(F)cc3nn2C1. The Kier molecular flexibility index (Phi) is 1.71. The second kappa shape index (κ2) is 2.95. The Bertz CT molecular complexity index is 518. The van der Waals surface area contributed by atoms with Gasteiger partial charge in [0.1, 0.15) is 11.6 Å². The summed E-state index contributed by atoms with van der Waals surface area (Å²) < 4.78 is 14.9. The van der Waals surface area contributed by atoms with Gasteiger partial charge >= 0.3 is 0 Å². The monoisotopic (exact) mass is 205 g/mol. The molecule has 1 aliphatic heterocycles. The van der Waals surface area contributed by atoms with Gasteiger partial charge in [0, 0.05) is 24.5 Å². The molecule has 2 heterocycles. The molecule has 1 aliphatic rings. The zero-order valence-electron chi connectivity index (χ0n) is 8.50. The Morgan fingerprint density at radius 3 is 3.27 bits per heavy atom. The number of anilines is 1. The summed E-state index contributed by atoms with van der Waals surface area (Å²) in [6, 6.07) is 4.74. The zero-order chi connectivity index (χ0) is 10.4. The summed E-state index contributed by atoms with van der Waals surface area (Å²) in [5.74, 6) is 1.35. The number of hydrogen-bond acceptors (Lipinski definition) is 2. The fourth-order valence-corrected chi connectivity index (χ4v) is 2.06. The van der Waals surface area contributed by atoms with E-state index in [1.807, 2.05) is 4.68 Å². The molecule has 0 saturated carbocycles. The van der Waals surface area contributed by atoms with E-state index in [4.69, 9.17) is 0 Å². The standard InChI is InChI=1S/C11H12FN3/c1-7-5-13-11-9-3-2-8(12)4-10(9)14-15(11)6-7/h2-4,7,13H,5-6H2,1H3. The number of aromatic nitrogens is 2. The smallest absolute Gasteiger partial charge is 0.132 e. The van der Waals surface area contributed by atoms with Crippen molar-refractivity contribution in [2.24, 2.45) is 5.92 Å². The van der Waals surface area contributed by atoms with Gasteiger partial charge in [-0.05, 0) is 18.1 Å². The molecule has 3 nitrogen and oxygen atoms in total. The molecular weight excluding hydrogens is 193 g/mol. The second-order valence-corrected chi connectivity index (χ2v) is 4.18. The van der Waals surface area contributed by atoms with Gasteiger partial charge in [0.05, 0.1) is 5.52 Å². The molecule has 0 spiro atoms.